The molecule has 0 aliphatic heterocycles. The van der Waals surface area contributed by atoms with Gasteiger partial charge in [0.1, 0.15) is 11.2 Å². The highest BCUT2D eigenvalue weighted by atomic mass is 16.6. The number of hydrogen-bond acceptors (Lipinski definition) is 6. The van der Waals surface area contributed by atoms with Crippen LogP contribution in [0.1, 0.15) is 57.5 Å². The summed E-state index contributed by atoms with van der Waals surface area (Å²) in [7, 11) is 0. The molecule has 3 aromatic rings. The molecule has 0 unspecified atom stereocenters. The van der Waals surface area contributed by atoms with Crippen LogP contribution in [0, 0.1) is 0 Å². The molecule has 1 aromatic heterocycles. The van der Waals surface area contributed by atoms with E-state index in [1.807, 2.05) is 30.3 Å². The summed E-state index contributed by atoms with van der Waals surface area (Å²) in [6, 6.07) is 14.0. The van der Waals surface area contributed by atoms with Gasteiger partial charge in [-0.2, -0.15) is 0 Å². The van der Waals surface area contributed by atoms with Gasteiger partial charge in [-0.25, -0.2) is 14.5 Å². The molecule has 2 aromatic carbocycles. The molecule has 0 bridgehead atoms. The highest BCUT2D eigenvalue weighted by Gasteiger charge is 2.31. The summed E-state index contributed by atoms with van der Waals surface area (Å²) < 4.78 is 12.3. The second-order valence-electron chi connectivity index (χ2n) is 10.0. The summed E-state index contributed by atoms with van der Waals surface area (Å²) in [5, 5.41) is 0.465. The molecule has 0 fully saturated rings. The van der Waals surface area contributed by atoms with Crippen molar-refractivity contribution in [3.05, 3.63) is 65.9 Å². The van der Waals surface area contributed by atoms with Crippen molar-refractivity contribution < 1.29 is 23.9 Å². The van der Waals surface area contributed by atoms with Gasteiger partial charge in [0.05, 0.1) is 17.6 Å². The molecular weight excluding hydrogens is 434 g/mol. The number of rotatable bonds is 3. The van der Waals surface area contributed by atoms with Crippen LogP contribution in [-0.2, 0) is 16.0 Å². The van der Waals surface area contributed by atoms with E-state index in [1.54, 1.807) is 59.7 Å². The van der Waals surface area contributed by atoms with Crippen molar-refractivity contribution in [1.29, 1.82) is 0 Å². The molecule has 0 aliphatic rings. The lowest BCUT2D eigenvalue weighted by molar-refractivity contribution is 0.0227. The maximum absolute atomic E-state index is 13.7. The second-order valence-corrected chi connectivity index (χ2v) is 10.0. The molecule has 0 radical (unpaired) electrons. The summed E-state index contributed by atoms with van der Waals surface area (Å²) >= 11 is 0. The number of carbonyl (C=O) groups is 3. The van der Waals surface area contributed by atoms with Gasteiger partial charge in [-0.15, -0.1) is 0 Å². The van der Waals surface area contributed by atoms with Gasteiger partial charge >= 0.3 is 12.2 Å². The Labute approximate surface area is 199 Å². The van der Waals surface area contributed by atoms with Crippen LogP contribution in [0.2, 0.25) is 0 Å². The van der Waals surface area contributed by atoms with Crippen molar-refractivity contribution in [2.75, 3.05) is 5.73 Å². The van der Waals surface area contributed by atoms with Gasteiger partial charge in [-0.05, 0) is 65.3 Å². The molecule has 180 valence electrons. The molecule has 0 spiro atoms. The van der Waals surface area contributed by atoms with Gasteiger partial charge in [0.2, 0.25) is 0 Å². The number of hydrogen-bond donors (Lipinski definition) is 1. The normalized spacial score (nSPS) is 11.8. The van der Waals surface area contributed by atoms with Crippen LogP contribution in [-0.4, -0.2) is 38.8 Å². The first-order chi connectivity index (χ1) is 15.7. The van der Waals surface area contributed by atoms with Crippen LogP contribution in [0.5, 0.6) is 0 Å². The van der Waals surface area contributed by atoms with Crippen LogP contribution in [0.4, 0.5) is 15.3 Å². The van der Waals surface area contributed by atoms with Crippen LogP contribution < -0.4 is 5.73 Å². The van der Waals surface area contributed by atoms with Crippen LogP contribution in [0.15, 0.2) is 54.7 Å². The molecule has 0 saturated heterocycles. The van der Waals surface area contributed by atoms with Gasteiger partial charge in [0.25, 0.3) is 5.91 Å². The van der Waals surface area contributed by atoms with E-state index in [1.165, 1.54) is 10.8 Å². The number of aromatic nitrogens is 1. The summed E-state index contributed by atoms with van der Waals surface area (Å²) in [6.07, 6.45) is -0.0629. The van der Waals surface area contributed by atoms with E-state index in [0.717, 1.165) is 10.5 Å². The minimum absolute atomic E-state index is 0.00265. The Morgan fingerprint density at radius 3 is 2.12 bits per heavy atom. The van der Waals surface area contributed by atoms with Crippen molar-refractivity contribution in [3.8, 4) is 0 Å². The van der Waals surface area contributed by atoms with Gasteiger partial charge in [0.15, 0.2) is 0 Å². The van der Waals surface area contributed by atoms with E-state index in [0.29, 0.717) is 16.6 Å². The zero-order valence-electron chi connectivity index (χ0n) is 20.4. The monoisotopic (exact) mass is 465 g/mol. The second kappa shape index (κ2) is 9.21. The van der Waals surface area contributed by atoms with Crippen LogP contribution in [0.25, 0.3) is 10.9 Å². The third kappa shape index (κ3) is 5.95. The van der Waals surface area contributed by atoms with E-state index in [4.69, 9.17) is 15.2 Å². The topological polar surface area (TPSA) is 104 Å². The minimum atomic E-state index is -0.800. The lowest BCUT2D eigenvalue weighted by Crippen LogP contribution is -2.40. The Bertz CT molecular complexity index is 1220. The zero-order valence-corrected chi connectivity index (χ0v) is 20.4. The lowest BCUT2D eigenvalue weighted by atomic mass is 10.1. The molecule has 8 nitrogen and oxygen atoms in total. The first-order valence-corrected chi connectivity index (χ1v) is 11.0. The molecule has 3 rings (SSSR count). The molecule has 1 heterocycles. The smallest absolute Gasteiger partial charge is 0.419 e. The van der Waals surface area contributed by atoms with Crippen molar-refractivity contribution >= 4 is 34.7 Å². The van der Waals surface area contributed by atoms with Crippen molar-refractivity contribution in [3.63, 3.8) is 0 Å². The van der Waals surface area contributed by atoms with E-state index < -0.39 is 29.3 Å². The molecule has 34 heavy (non-hydrogen) atoms. The summed E-state index contributed by atoms with van der Waals surface area (Å²) in [6.45, 7) is 10.4. The average Bonchev–Trinajstić information content (AvgIpc) is 3.08. The molecule has 2 N–H and O–H groups in total. The third-order valence-electron chi connectivity index (χ3n) is 4.69. The number of benzene rings is 2. The Balaban J connectivity index is 2.09. The highest BCUT2D eigenvalue weighted by molar-refractivity contribution is 6.13. The SMILES string of the molecule is CC(C)(C)OC(=O)N(Cc1ccccc1)C(=O)c1cn(C(=O)OC(C)(C)C)c2cc(N)ccc12. The van der Waals surface area contributed by atoms with Gasteiger partial charge < -0.3 is 15.2 Å². The number of ether oxygens (including phenoxy) is 2. The lowest BCUT2D eigenvalue weighted by Gasteiger charge is -2.26. The number of amides is 2. The van der Waals surface area contributed by atoms with E-state index in [2.05, 4.69) is 0 Å². The number of nitrogen functional groups attached to an aromatic ring is 1. The average molecular weight is 466 g/mol. The maximum atomic E-state index is 13.7. The van der Waals surface area contributed by atoms with Crippen LogP contribution >= 0.6 is 0 Å². The minimum Gasteiger partial charge on any atom is -0.443 e. The predicted molar refractivity (Wildman–Crippen MR) is 131 cm³/mol. The van der Waals surface area contributed by atoms with E-state index in [9.17, 15) is 14.4 Å². The van der Waals surface area contributed by atoms with Crippen LogP contribution in [0.3, 0.4) is 0 Å². The van der Waals surface area contributed by atoms with Gasteiger partial charge in [0, 0.05) is 17.3 Å². The Morgan fingerprint density at radius 2 is 1.53 bits per heavy atom. The summed E-state index contributed by atoms with van der Waals surface area (Å²) in [5.41, 5.74) is 6.14. The fraction of sp³-hybridized carbons (Fsp3) is 0.346. The van der Waals surface area contributed by atoms with E-state index >= 15 is 0 Å². The Hall–Kier alpha value is -3.81. The highest BCUT2D eigenvalue weighted by Crippen LogP contribution is 2.27. The van der Waals surface area contributed by atoms with Gasteiger partial charge in [-0.3, -0.25) is 9.36 Å². The van der Waals surface area contributed by atoms with E-state index in [-0.39, 0.29) is 12.1 Å². The number of fused-ring (bicyclic) bond motifs is 1. The molecule has 0 aliphatic carbocycles. The molecule has 2 amide bonds. The third-order valence-corrected chi connectivity index (χ3v) is 4.69. The fourth-order valence-corrected chi connectivity index (χ4v) is 3.32. The number of carbonyl (C=O) groups excluding carboxylic acids is 3. The largest absolute Gasteiger partial charge is 0.443 e. The predicted octanol–water partition coefficient (Wildman–Crippen LogP) is 5.58. The quantitative estimate of drug-likeness (QED) is 0.506. The maximum Gasteiger partial charge on any atom is 0.419 e. The number of nitrogens with two attached hydrogens (primary N) is 1. The first kappa shape index (κ1) is 24.8. The summed E-state index contributed by atoms with van der Waals surface area (Å²) in [4.78, 5) is 40.7. The summed E-state index contributed by atoms with van der Waals surface area (Å²) in [5.74, 6) is -0.602. The zero-order chi connectivity index (χ0) is 25.3. The van der Waals surface area contributed by atoms with Crippen molar-refractivity contribution in [2.45, 2.75) is 59.3 Å². The number of anilines is 1. The standard InChI is InChI=1S/C26H31N3O5/c1-25(2,3)33-23(31)28-16-20(19-13-12-18(27)14-21(19)28)22(30)29(24(32)34-26(4,5)6)15-17-10-8-7-9-11-17/h7-14,16H,15,27H2,1-6H3. The molecule has 0 saturated carbocycles. The Morgan fingerprint density at radius 1 is 0.912 bits per heavy atom. The Kier molecular flexibility index (Phi) is 6.72. The molecular formula is C26H31N3O5. The molecule has 8 heteroatoms. The first-order valence-electron chi connectivity index (χ1n) is 11.0. The number of imide groups is 1. The van der Waals surface area contributed by atoms with Crippen molar-refractivity contribution in [2.24, 2.45) is 0 Å². The fourth-order valence-electron chi connectivity index (χ4n) is 3.32. The van der Waals surface area contributed by atoms with Gasteiger partial charge in [-0.1, -0.05) is 30.3 Å². The van der Waals surface area contributed by atoms with Crippen molar-refractivity contribution in [1.82, 2.24) is 9.47 Å². The number of nitrogens with zero attached hydrogens (tertiary/aromatic N) is 2. The molecule has 0 atom stereocenters.